The van der Waals surface area contributed by atoms with Gasteiger partial charge >= 0.3 is 6.36 Å². The first-order valence-corrected chi connectivity index (χ1v) is 5.94. The fraction of sp³-hybridized carbons (Fsp3) is 0.0769. The van der Waals surface area contributed by atoms with Crippen LogP contribution in [0.25, 0.3) is 11.1 Å². The predicted octanol–water partition coefficient (Wildman–Crippen LogP) is 4.81. The van der Waals surface area contributed by atoms with Crippen LogP contribution in [-0.4, -0.2) is 11.3 Å². The van der Waals surface area contributed by atoms with Crippen molar-refractivity contribution in [2.75, 3.05) is 0 Å². The Morgan fingerprint density at radius 1 is 1.10 bits per heavy atom. The molecule has 0 spiro atoms. The van der Waals surface area contributed by atoms with Crippen LogP contribution in [0, 0.1) is 10.1 Å². The van der Waals surface area contributed by atoms with Gasteiger partial charge in [-0.05, 0) is 23.8 Å². The number of benzene rings is 2. The van der Waals surface area contributed by atoms with Crippen molar-refractivity contribution in [3.05, 3.63) is 57.6 Å². The number of non-ortho nitro benzene ring substituents is 1. The molecule has 2 rings (SSSR count). The van der Waals surface area contributed by atoms with Gasteiger partial charge in [-0.25, -0.2) is 0 Å². The minimum absolute atomic E-state index is 0.133. The maximum absolute atomic E-state index is 12.0. The molecule has 0 bridgehead atoms. The monoisotopic (exact) mass is 317 g/mol. The second kappa shape index (κ2) is 5.61. The van der Waals surface area contributed by atoms with Crippen molar-refractivity contribution < 1.29 is 22.8 Å². The van der Waals surface area contributed by atoms with Gasteiger partial charge in [0.25, 0.3) is 5.69 Å². The van der Waals surface area contributed by atoms with E-state index in [1.807, 2.05) is 0 Å². The lowest BCUT2D eigenvalue weighted by molar-refractivity contribution is -0.384. The van der Waals surface area contributed by atoms with Crippen molar-refractivity contribution in [3.63, 3.8) is 0 Å². The number of hydrogen-bond acceptors (Lipinski definition) is 3. The molecule has 110 valence electrons. The highest BCUT2D eigenvalue weighted by Crippen LogP contribution is 2.32. The summed E-state index contributed by atoms with van der Waals surface area (Å²) < 4.78 is 39.9. The average Bonchev–Trinajstić information content (AvgIpc) is 2.38. The van der Waals surface area contributed by atoms with Crippen molar-refractivity contribution >= 4 is 17.3 Å². The van der Waals surface area contributed by atoms with Gasteiger partial charge in [0.2, 0.25) is 0 Å². The molecule has 2 aromatic carbocycles. The Balaban J connectivity index is 2.29. The number of nitrogens with zero attached hydrogens (tertiary/aromatic N) is 1. The topological polar surface area (TPSA) is 52.4 Å². The highest BCUT2D eigenvalue weighted by Gasteiger charge is 2.30. The summed E-state index contributed by atoms with van der Waals surface area (Å²) in [7, 11) is 0. The van der Waals surface area contributed by atoms with Gasteiger partial charge in [0, 0.05) is 17.7 Å². The first-order valence-electron chi connectivity index (χ1n) is 5.56. The van der Waals surface area contributed by atoms with Gasteiger partial charge in [-0.15, -0.1) is 13.2 Å². The van der Waals surface area contributed by atoms with Gasteiger partial charge in [0.15, 0.2) is 0 Å². The Morgan fingerprint density at radius 2 is 1.71 bits per heavy atom. The number of nitro groups is 1. The molecule has 0 heterocycles. The molecule has 0 unspecified atom stereocenters. The van der Waals surface area contributed by atoms with Gasteiger partial charge in [0.05, 0.1) is 9.95 Å². The molecule has 0 amide bonds. The van der Waals surface area contributed by atoms with E-state index in [0.29, 0.717) is 11.1 Å². The normalized spacial score (nSPS) is 11.2. The molecule has 0 aliphatic heterocycles. The first-order chi connectivity index (χ1) is 9.76. The number of ether oxygens (including phenoxy) is 1. The van der Waals surface area contributed by atoms with Crippen LogP contribution in [0.3, 0.4) is 0 Å². The average molecular weight is 318 g/mol. The van der Waals surface area contributed by atoms with Gasteiger partial charge in [0.1, 0.15) is 5.75 Å². The van der Waals surface area contributed by atoms with Crippen LogP contribution in [0.15, 0.2) is 42.5 Å². The molecule has 4 nitrogen and oxygen atoms in total. The van der Waals surface area contributed by atoms with Gasteiger partial charge < -0.3 is 4.74 Å². The number of alkyl halides is 3. The smallest absolute Gasteiger partial charge is 0.406 e. The van der Waals surface area contributed by atoms with Crippen LogP contribution >= 0.6 is 11.6 Å². The maximum Gasteiger partial charge on any atom is 0.573 e. The quantitative estimate of drug-likeness (QED) is 0.602. The SMILES string of the molecule is O=[N+]([O-])c1ccc(-c2ccc(OC(F)(F)F)cc2)c(Cl)c1. The standard InChI is InChI=1S/C13H7ClF3NO3/c14-12-7-9(18(19)20)3-6-11(12)8-1-4-10(5-2-8)21-13(15,16)17/h1-7H. The summed E-state index contributed by atoms with van der Waals surface area (Å²) >= 11 is 5.94. The molecular weight excluding hydrogens is 311 g/mol. The third-order valence-corrected chi connectivity index (χ3v) is 2.88. The van der Waals surface area contributed by atoms with E-state index in [-0.39, 0.29) is 16.5 Å². The summed E-state index contributed by atoms with van der Waals surface area (Å²) in [5.74, 6) is -0.357. The molecular formula is C13H7ClF3NO3. The van der Waals surface area contributed by atoms with E-state index in [1.54, 1.807) is 0 Å². The molecule has 0 N–H and O–H groups in total. The van der Waals surface area contributed by atoms with E-state index in [4.69, 9.17) is 11.6 Å². The Bertz CT molecular complexity index is 671. The lowest BCUT2D eigenvalue weighted by Gasteiger charge is -2.10. The third kappa shape index (κ3) is 3.85. The molecule has 0 atom stereocenters. The Labute approximate surface area is 121 Å². The lowest BCUT2D eigenvalue weighted by atomic mass is 10.1. The maximum atomic E-state index is 12.0. The van der Waals surface area contributed by atoms with Gasteiger partial charge in [-0.2, -0.15) is 0 Å². The zero-order chi connectivity index (χ0) is 15.6. The van der Waals surface area contributed by atoms with Gasteiger partial charge in [-0.3, -0.25) is 10.1 Å². The molecule has 0 saturated carbocycles. The Hall–Kier alpha value is -2.28. The van der Waals surface area contributed by atoms with E-state index >= 15 is 0 Å². The third-order valence-electron chi connectivity index (χ3n) is 2.56. The fourth-order valence-electron chi connectivity index (χ4n) is 1.69. The number of rotatable bonds is 3. The second-order valence-corrected chi connectivity index (χ2v) is 4.40. The van der Waals surface area contributed by atoms with Crippen molar-refractivity contribution in [1.29, 1.82) is 0 Å². The molecule has 0 fully saturated rings. The molecule has 0 aliphatic rings. The zero-order valence-electron chi connectivity index (χ0n) is 10.2. The molecule has 21 heavy (non-hydrogen) atoms. The molecule has 0 radical (unpaired) electrons. The lowest BCUT2D eigenvalue weighted by Crippen LogP contribution is -2.16. The van der Waals surface area contributed by atoms with Crippen molar-refractivity contribution in [3.8, 4) is 16.9 Å². The summed E-state index contributed by atoms with van der Waals surface area (Å²) in [5.41, 5.74) is 0.825. The number of nitro benzene ring substituents is 1. The van der Waals surface area contributed by atoms with Crippen LogP contribution in [0.1, 0.15) is 0 Å². The largest absolute Gasteiger partial charge is 0.573 e. The summed E-state index contributed by atoms with van der Waals surface area (Å²) in [6.07, 6.45) is -4.76. The van der Waals surface area contributed by atoms with Crippen LogP contribution in [0.2, 0.25) is 5.02 Å². The number of hydrogen-bond donors (Lipinski definition) is 0. The summed E-state index contributed by atoms with van der Waals surface area (Å²) in [5, 5.41) is 10.7. The Morgan fingerprint density at radius 3 is 2.19 bits per heavy atom. The summed E-state index contributed by atoms with van der Waals surface area (Å²) in [4.78, 5) is 10.0. The minimum atomic E-state index is -4.76. The predicted molar refractivity (Wildman–Crippen MR) is 70.2 cm³/mol. The second-order valence-electron chi connectivity index (χ2n) is 3.99. The first kappa shape index (κ1) is 15.1. The van der Waals surface area contributed by atoms with Crippen molar-refractivity contribution in [2.45, 2.75) is 6.36 Å². The van der Waals surface area contributed by atoms with Crippen molar-refractivity contribution in [2.24, 2.45) is 0 Å². The zero-order valence-corrected chi connectivity index (χ0v) is 11.0. The van der Waals surface area contributed by atoms with Crippen LogP contribution in [0.5, 0.6) is 5.75 Å². The fourth-order valence-corrected chi connectivity index (χ4v) is 1.97. The summed E-state index contributed by atoms with van der Waals surface area (Å²) in [6.45, 7) is 0. The molecule has 0 aliphatic carbocycles. The minimum Gasteiger partial charge on any atom is -0.406 e. The molecule has 0 saturated heterocycles. The van der Waals surface area contributed by atoms with Crippen LogP contribution in [-0.2, 0) is 0 Å². The van der Waals surface area contributed by atoms with Crippen molar-refractivity contribution in [1.82, 2.24) is 0 Å². The molecule has 2 aromatic rings. The van der Waals surface area contributed by atoms with Crippen LogP contribution < -0.4 is 4.74 Å². The van der Waals surface area contributed by atoms with E-state index in [2.05, 4.69) is 4.74 Å². The molecule has 8 heteroatoms. The van der Waals surface area contributed by atoms with Crippen LogP contribution in [0.4, 0.5) is 18.9 Å². The van der Waals surface area contributed by atoms with E-state index in [9.17, 15) is 23.3 Å². The summed E-state index contributed by atoms with van der Waals surface area (Å²) in [6, 6.07) is 8.92. The molecule has 0 aromatic heterocycles. The van der Waals surface area contributed by atoms with E-state index in [1.165, 1.54) is 30.3 Å². The van der Waals surface area contributed by atoms with Gasteiger partial charge in [-0.1, -0.05) is 23.7 Å². The van der Waals surface area contributed by atoms with E-state index < -0.39 is 11.3 Å². The highest BCUT2D eigenvalue weighted by molar-refractivity contribution is 6.33. The number of halogens is 4. The Kier molecular flexibility index (Phi) is 4.04. The highest BCUT2D eigenvalue weighted by atomic mass is 35.5. The van der Waals surface area contributed by atoms with E-state index in [0.717, 1.165) is 12.1 Å².